The number of hydrogen-bond donors (Lipinski definition) is 3. The summed E-state index contributed by atoms with van der Waals surface area (Å²) in [7, 11) is -3.75. The minimum absolute atomic E-state index is 0.105. The second-order valence-electron chi connectivity index (χ2n) is 5.44. The van der Waals surface area contributed by atoms with Crippen LogP contribution in [-0.2, 0) is 13.9 Å². The molecule has 0 aliphatic rings. The van der Waals surface area contributed by atoms with Crippen molar-refractivity contribution in [1.82, 2.24) is 5.32 Å². The molecule has 0 saturated carbocycles. The molecule has 0 spiro atoms. The molecule has 1 aromatic carbocycles. The van der Waals surface area contributed by atoms with Crippen molar-refractivity contribution in [1.29, 1.82) is 0 Å². The van der Waals surface area contributed by atoms with Gasteiger partial charge < -0.3 is 20.1 Å². The molecule has 0 saturated heterocycles. The van der Waals surface area contributed by atoms with E-state index in [2.05, 4.69) is 26.6 Å². The van der Waals surface area contributed by atoms with Gasteiger partial charge >= 0.3 is 13.6 Å². The first kappa shape index (κ1) is 21.8. The third kappa shape index (κ3) is 8.63. The molecule has 2 amide bonds. The van der Waals surface area contributed by atoms with Crippen molar-refractivity contribution in [3.63, 3.8) is 0 Å². The molecule has 9 heteroatoms. The smallest absolute Gasteiger partial charge is 0.328 e. The zero-order valence-electron chi connectivity index (χ0n) is 14.3. The first-order valence-corrected chi connectivity index (χ1v) is 10.6. The van der Waals surface area contributed by atoms with Crippen LogP contribution in [0.1, 0.15) is 33.1 Å². The van der Waals surface area contributed by atoms with Gasteiger partial charge in [0, 0.05) is 16.6 Å². The predicted octanol–water partition coefficient (Wildman–Crippen LogP) is 3.92. The van der Waals surface area contributed by atoms with E-state index in [9.17, 15) is 19.0 Å². The molecule has 25 heavy (non-hydrogen) atoms. The highest BCUT2D eigenvalue weighted by Crippen LogP contribution is 2.42. The summed E-state index contributed by atoms with van der Waals surface area (Å²) in [6, 6.07) is 5.83. The van der Waals surface area contributed by atoms with E-state index in [0.29, 0.717) is 18.5 Å². The number of ketones is 1. The number of amides is 2. The van der Waals surface area contributed by atoms with Gasteiger partial charge in [-0.1, -0.05) is 29.3 Å². The Bertz CT molecular complexity index is 623. The molecule has 0 bridgehead atoms. The molecule has 7 nitrogen and oxygen atoms in total. The van der Waals surface area contributed by atoms with Crippen LogP contribution in [0.25, 0.3) is 0 Å². The molecule has 0 aliphatic heterocycles. The summed E-state index contributed by atoms with van der Waals surface area (Å²) in [5, 5.41) is 5.28. The molecule has 1 aromatic rings. The number of Topliss-reactive ketones (excluding diaryl/α,β-unsaturated/α-hetero) is 1. The van der Waals surface area contributed by atoms with Gasteiger partial charge in [-0.15, -0.1) is 0 Å². The number of anilines is 1. The van der Waals surface area contributed by atoms with Gasteiger partial charge in [-0.2, -0.15) is 0 Å². The number of halogens is 1. The van der Waals surface area contributed by atoms with Crippen LogP contribution in [0.5, 0.6) is 0 Å². The van der Waals surface area contributed by atoms with Crippen LogP contribution in [0.15, 0.2) is 28.7 Å². The molecule has 3 N–H and O–H groups in total. The van der Waals surface area contributed by atoms with Gasteiger partial charge in [-0.25, -0.2) is 4.79 Å². The zero-order chi connectivity index (χ0) is 18.9. The standard InChI is InChI=1S/C16H24BrN2O5P/c1-3-5-14(15(20)10-11-25(22,23)24-4-2)19-16(21)18-13-8-6-12(17)7-9-13/h6-9,14H,3-5,10-11H2,1-2H3,(H,22,23)(H2,18,19,21)/t14-/m0/s1. The highest BCUT2D eigenvalue weighted by atomic mass is 79.9. The molecule has 1 rings (SSSR count). The van der Waals surface area contributed by atoms with Crippen molar-refractivity contribution in [3.8, 4) is 0 Å². The molecule has 0 radical (unpaired) electrons. The van der Waals surface area contributed by atoms with Crippen LogP contribution in [0.3, 0.4) is 0 Å². The Labute approximate surface area is 156 Å². The van der Waals surface area contributed by atoms with Crippen molar-refractivity contribution >= 4 is 41.0 Å². The second kappa shape index (κ2) is 10.7. The molecular weight excluding hydrogens is 411 g/mol. The fraction of sp³-hybridized carbons (Fsp3) is 0.500. The lowest BCUT2D eigenvalue weighted by atomic mass is 10.1. The van der Waals surface area contributed by atoms with E-state index >= 15 is 0 Å². The Morgan fingerprint density at radius 2 is 1.92 bits per heavy atom. The third-order valence-corrected chi connectivity index (χ3v) is 5.32. The molecular formula is C16H24BrN2O5P. The Balaban J connectivity index is 2.59. The molecule has 2 atom stereocenters. The molecule has 0 aliphatic carbocycles. The average Bonchev–Trinajstić information content (AvgIpc) is 2.54. The number of benzene rings is 1. The van der Waals surface area contributed by atoms with Gasteiger partial charge in [-0.3, -0.25) is 9.36 Å². The van der Waals surface area contributed by atoms with Gasteiger partial charge in [0.2, 0.25) is 0 Å². The molecule has 140 valence electrons. The fourth-order valence-corrected chi connectivity index (χ4v) is 3.45. The Morgan fingerprint density at radius 1 is 1.28 bits per heavy atom. The Kier molecular flexibility index (Phi) is 9.35. The SMILES string of the molecule is CCC[C@H](NC(=O)Nc1ccc(Br)cc1)C(=O)CCP(=O)(O)OCC. The molecule has 0 fully saturated rings. The van der Waals surface area contributed by atoms with Crippen molar-refractivity contribution in [2.24, 2.45) is 0 Å². The lowest BCUT2D eigenvalue weighted by Crippen LogP contribution is -2.43. The van der Waals surface area contributed by atoms with Crippen LogP contribution >= 0.6 is 23.5 Å². The van der Waals surface area contributed by atoms with Crippen molar-refractivity contribution in [3.05, 3.63) is 28.7 Å². The normalized spacial score (nSPS) is 14.4. The third-order valence-electron chi connectivity index (χ3n) is 3.35. The maximum Gasteiger partial charge on any atom is 0.328 e. The van der Waals surface area contributed by atoms with Crippen LogP contribution in [0.2, 0.25) is 0 Å². The van der Waals surface area contributed by atoms with E-state index in [1.165, 1.54) is 0 Å². The number of urea groups is 1. The highest BCUT2D eigenvalue weighted by Gasteiger charge is 2.25. The van der Waals surface area contributed by atoms with E-state index in [-0.39, 0.29) is 25.0 Å². The minimum Gasteiger partial charge on any atom is -0.328 e. The quantitative estimate of drug-likeness (QED) is 0.484. The first-order valence-electron chi connectivity index (χ1n) is 8.09. The van der Waals surface area contributed by atoms with Crippen molar-refractivity contribution < 1.29 is 23.6 Å². The first-order chi connectivity index (χ1) is 11.8. The van der Waals surface area contributed by atoms with Gasteiger partial charge in [-0.05, 0) is 37.6 Å². The fourth-order valence-electron chi connectivity index (χ4n) is 2.15. The highest BCUT2D eigenvalue weighted by molar-refractivity contribution is 9.10. The van der Waals surface area contributed by atoms with Gasteiger partial charge in [0.15, 0.2) is 5.78 Å². The van der Waals surface area contributed by atoms with Crippen molar-refractivity contribution in [2.45, 2.75) is 39.2 Å². The number of hydrogen-bond acceptors (Lipinski definition) is 4. The summed E-state index contributed by atoms with van der Waals surface area (Å²) in [4.78, 5) is 33.9. The lowest BCUT2D eigenvalue weighted by Gasteiger charge is -2.18. The van der Waals surface area contributed by atoms with E-state index in [0.717, 1.165) is 4.47 Å². The minimum atomic E-state index is -3.75. The summed E-state index contributed by atoms with van der Waals surface area (Å²) in [6.07, 6.45) is 0.765. The predicted molar refractivity (Wildman–Crippen MR) is 101 cm³/mol. The summed E-state index contributed by atoms with van der Waals surface area (Å²) in [5.41, 5.74) is 0.597. The molecule has 0 heterocycles. The van der Waals surface area contributed by atoms with Gasteiger partial charge in [0.25, 0.3) is 0 Å². The average molecular weight is 435 g/mol. The topological polar surface area (TPSA) is 105 Å². The molecule has 0 aromatic heterocycles. The molecule has 1 unspecified atom stereocenters. The van der Waals surface area contributed by atoms with E-state index in [4.69, 9.17) is 4.52 Å². The number of nitrogens with one attached hydrogen (secondary N) is 2. The lowest BCUT2D eigenvalue weighted by molar-refractivity contribution is -0.120. The van der Waals surface area contributed by atoms with E-state index < -0.39 is 19.7 Å². The number of rotatable bonds is 10. The van der Waals surface area contributed by atoms with Gasteiger partial charge in [0.05, 0.1) is 18.8 Å². The maximum atomic E-state index is 12.3. The zero-order valence-corrected chi connectivity index (χ0v) is 16.8. The van der Waals surface area contributed by atoms with Crippen LogP contribution in [0, 0.1) is 0 Å². The second-order valence-corrected chi connectivity index (χ2v) is 8.34. The number of carbonyl (C=O) groups is 2. The summed E-state index contributed by atoms with van der Waals surface area (Å²) in [6.45, 7) is 3.61. The van der Waals surface area contributed by atoms with Crippen LogP contribution in [0.4, 0.5) is 10.5 Å². The van der Waals surface area contributed by atoms with E-state index in [1.807, 2.05) is 6.92 Å². The number of carbonyl (C=O) groups excluding carboxylic acids is 2. The van der Waals surface area contributed by atoms with Crippen LogP contribution in [-0.4, -0.2) is 35.5 Å². The largest absolute Gasteiger partial charge is 0.328 e. The monoisotopic (exact) mass is 434 g/mol. The summed E-state index contributed by atoms with van der Waals surface area (Å²) in [5.74, 6) is -0.290. The Morgan fingerprint density at radius 3 is 2.48 bits per heavy atom. The summed E-state index contributed by atoms with van der Waals surface area (Å²) < 4.78 is 17.3. The van der Waals surface area contributed by atoms with Crippen LogP contribution < -0.4 is 10.6 Å². The Hall–Kier alpha value is -1.21. The van der Waals surface area contributed by atoms with Gasteiger partial charge in [0.1, 0.15) is 0 Å². The summed E-state index contributed by atoms with van der Waals surface area (Å²) >= 11 is 3.31. The van der Waals surface area contributed by atoms with Crippen molar-refractivity contribution in [2.75, 3.05) is 18.1 Å². The maximum absolute atomic E-state index is 12.3. The van der Waals surface area contributed by atoms with E-state index in [1.54, 1.807) is 31.2 Å².